The third-order valence-electron chi connectivity index (χ3n) is 3.39. The molecule has 0 aliphatic carbocycles. The molecule has 1 aliphatic heterocycles. The summed E-state index contributed by atoms with van der Waals surface area (Å²) in [5, 5.41) is 22.6. The first-order valence-electron chi connectivity index (χ1n) is 6.98. The van der Waals surface area contributed by atoms with Crippen molar-refractivity contribution < 1.29 is 8.42 Å². The maximum absolute atomic E-state index is 11.5. The van der Waals surface area contributed by atoms with Gasteiger partial charge >= 0.3 is 0 Å². The van der Waals surface area contributed by atoms with E-state index in [4.69, 9.17) is 5.26 Å². The average molecular weight is 330 g/mol. The fraction of sp³-hybridized carbons (Fsp3) is 0.286. The summed E-state index contributed by atoms with van der Waals surface area (Å²) >= 11 is 0. The van der Waals surface area contributed by atoms with Crippen LogP contribution in [-0.4, -0.2) is 41.1 Å². The Labute approximate surface area is 133 Å². The second-order valence-electron chi connectivity index (χ2n) is 5.23. The van der Waals surface area contributed by atoms with Gasteiger partial charge in [0, 0.05) is 11.7 Å². The molecule has 0 amide bonds. The Bertz CT molecular complexity index is 862. The van der Waals surface area contributed by atoms with E-state index in [9.17, 15) is 8.42 Å². The van der Waals surface area contributed by atoms with Gasteiger partial charge in [-0.25, -0.2) is 8.42 Å². The number of nitrogens with zero attached hydrogens (tertiary/aromatic N) is 4. The second-order valence-corrected chi connectivity index (χ2v) is 7.46. The van der Waals surface area contributed by atoms with Crippen LogP contribution < -0.4 is 10.6 Å². The summed E-state index contributed by atoms with van der Waals surface area (Å²) in [4.78, 5) is 4.26. The van der Waals surface area contributed by atoms with Gasteiger partial charge in [-0.1, -0.05) is 6.07 Å². The van der Waals surface area contributed by atoms with Crippen molar-refractivity contribution in [3.05, 3.63) is 36.0 Å². The Balaban J connectivity index is 1.71. The molecule has 1 atom stereocenters. The zero-order valence-electron chi connectivity index (χ0n) is 12.1. The molecule has 1 aliphatic rings. The molecule has 2 aromatic rings. The molecule has 0 bridgehead atoms. The number of benzene rings is 1. The second kappa shape index (κ2) is 6.18. The summed E-state index contributed by atoms with van der Waals surface area (Å²) in [6.07, 6.45) is 1.99. The highest BCUT2D eigenvalue weighted by Gasteiger charge is 2.28. The molecule has 0 saturated carbocycles. The molecule has 9 heteroatoms. The third kappa shape index (κ3) is 3.92. The van der Waals surface area contributed by atoms with Crippen LogP contribution in [0.15, 0.2) is 30.5 Å². The first-order chi connectivity index (χ1) is 11.0. The van der Waals surface area contributed by atoms with Crippen LogP contribution in [-0.2, 0) is 9.84 Å². The van der Waals surface area contributed by atoms with Gasteiger partial charge in [-0.3, -0.25) is 0 Å². The third-order valence-corrected chi connectivity index (χ3v) is 5.16. The minimum absolute atomic E-state index is 0.0816. The molecular weight excluding hydrogens is 316 g/mol. The topological polar surface area (TPSA) is 121 Å². The van der Waals surface area contributed by atoms with Gasteiger partial charge in [-0.05, 0) is 24.6 Å². The summed E-state index contributed by atoms with van der Waals surface area (Å²) in [5.74, 6) is 0.988. The van der Waals surface area contributed by atoms with Crippen LogP contribution in [0.3, 0.4) is 0 Å². The largest absolute Gasteiger partial charge is 0.349 e. The molecule has 8 nitrogen and oxygen atoms in total. The molecule has 0 radical (unpaired) electrons. The van der Waals surface area contributed by atoms with E-state index in [0.29, 0.717) is 23.5 Å². The van der Waals surface area contributed by atoms with Crippen molar-refractivity contribution in [3.63, 3.8) is 0 Å². The van der Waals surface area contributed by atoms with Crippen LogP contribution in [0.2, 0.25) is 0 Å². The van der Waals surface area contributed by atoms with E-state index in [1.165, 1.54) is 6.20 Å². The van der Waals surface area contributed by atoms with Crippen molar-refractivity contribution in [1.82, 2.24) is 15.2 Å². The molecule has 1 aromatic heterocycles. The maximum Gasteiger partial charge on any atom is 0.244 e. The lowest BCUT2D eigenvalue weighted by Gasteiger charge is -2.11. The van der Waals surface area contributed by atoms with E-state index in [-0.39, 0.29) is 23.5 Å². The first kappa shape index (κ1) is 15.2. The SMILES string of the molecule is N#Cc1cccc(Nc2cnnc(NC3CCS(=O)(=O)C3)n2)c1. The van der Waals surface area contributed by atoms with Crippen LogP contribution in [0, 0.1) is 11.3 Å². The molecule has 1 unspecified atom stereocenters. The molecule has 2 N–H and O–H groups in total. The van der Waals surface area contributed by atoms with Gasteiger partial charge in [-0.2, -0.15) is 15.3 Å². The van der Waals surface area contributed by atoms with Gasteiger partial charge in [0.1, 0.15) is 0 Å². The van der Waals surface area contributed by atoms with Crippen LogP contribution in [0.4, 0.5) is 17.5 Å². The number of hydrogen-bond donors (Lipinski definition) is 2. The quantitative estimate of drug-likeness (QED) is 0.854. The number of sulfone groups is 1. The van der Waals surface area contributed by atoms with E-state index in [1.54, 1.807) is 24.3 Å². The molecule has 3 rings (SSSR count). The van der Waals surface area contributed by atoms with Crippen LogP contribution >= 0.6 is 0 Å². The molecule has 118 valence electrons. The Morgan fingerprint density at radius 2 is 2.22 bits per heavy atom. The van der Waals surface area contributed by atoms with Gasteiger partial charge < -0.3 is 10.6 Å². The van der Waals surface area contributed by atoms with E-state index in [1.807, 2.05) is 0 Å². The monoisotopic (exact) mass is 330 g/mol. The highest BCUT2D eigenvalue weighted by molar-refractivity contribution is 7.91. The highest BCUT2D eigenvalue weighted by Crippen LogP contribution is 2.18. The fourth-order valence-electron chi connectivity index (χ4n) is 2.33. The predicted octanol–water partition coefficient (Wildman–Crippen LogP) is 1.09. The standard InChI is InChI=1S/C14H14N6O2S/c15-7-10-2-1-3-11(6-10)17-13-8-16-20-14(19-13)18-12-4-5-23(21,22)9-12/h1-3,6,8,12H,4-5,9H2,(H2,17,18,19,20). The minimum Gasteiger partial charge on any atom is -0.349 e. The molecule has 23 heavy (non-hydrogen) atoms. The predicted molar refractivity (Wildman–Crippen MR) is 84.9 cm³/mol. The van der Waals surface area contributed by atoms with Crippen molar-refractivity contribution in [2.24, 2.45) is 0 Å². The zero-order valence-corrected chi connectivity index (χ0v) is 12.9. The van der Waals surface area contributed by atoms with Crippen LogP contribution in [0.25, 0.3) is 0 Å². The lowest BCUT2D eigenvalue weighted by atomic mass is 10.2. The van der Waals surface area contributed by atoms with Gasteiger partial charge in [-0.15, -0.1) is 5.10 Å². The molecule has 1 fully saturated rings. The van der Waals surface area contributed by atoms with Gasteiger partial charge in [0.05, 0.1) is 29.3 Å². The Morgan fingerprint density at radius 1 is 1.35 bits per heavy atom. The number of aromatic nitrogens is 3. The van der Waals surface area contributed by atoms with E-state index >= 15 is 0 Å². The Morgan fingerprint density at radius 3 is 2.96 bits per heavy atom. The van der Waals surface area contributed by atoms with Crippen molar-refractivity contribution in [2.45, 2.75) is 12.5 Å². The smallest absolute Gasteiger partial charge is 0.244 e. The minimum atomic E-state index is -2.97. The van der Waals surface area contributed by atoms with Gasteiger partial charge in [0.15, 0.2) is 15.7 Å². The van der Waals surface area contributed by atoms with E-state index < -0.39 is 9.84 Å². The van der Waals surface area contributed by atoms with Gasteiger partial charge in [0.25, 0.3) is 0 Å². The number of anilines is 3. The van der Waals surface area contributed by atoms with E-state index in [2.05, 4.69) is 31.9 Å². The molecule has 1 aromatic carbocycles. The summed E-state index contributed by atoms with van der Waals surface area (Å²) in [6, 6.07) is 8.83. The average Bonchev–Trinajstić information content (AvgIpc) is 2.86. The number of rotatable bonds is 4. The number of nitriles is 1. The van der Waals surface area contributed by atoms with Crippen molar-refractivity contribution in [3.8, 4) is 6.07 Å². The maximum atomic E-state index is 11.5. The van der Waals surface area contributed by atoms with E-state index in [0.717, 1.165) is 0 Å². The highest BCUT2D eigenvalue weighted by atomic mass is 32.2. The van der Waals surface area contributed by atoms with Crippen LogP contribution in [0.1, 0.15) is 12.0 Å². The van der Waals surface area contributed by atoms with Crippen molar-refractivity contribution >= 4 is 27.3 Å². The van der Waals surface area contributed by atoms with Crippen molar-refractivity contribution in [2.75, 3.05) is 22.1 Å². The van der Waals surface area contributed by atoms with Gasteiger partial charge in [0.2, 0.25) is 5.95 Å². The Kier molecular flexibility index (Phi) is 4.08. The summed E-state index contributed by atoms with van der Waals surface area (Å²) < 4.78 is 22.9. The lowest BCUT2D eigenvalue weighted by Crippen LogP contribution is -2.22. The number of nitrogens with one attached hydrogen (secondary N) is 2. The summed E-state index contributed by atoms with van der Waals surface area (Å²) in [7, 11) is -2.97. The molecule has 1 saturated heterocycles. The summed E-state index contributed by atoms with van der Waals surface area (Å²) in [5.41, 5.74) is 1.24. The molecule has 2 heterocycles. The van der Waals surface area contributed by atoms with Crippen LogP contribution in [0.5, 0.6) is 0 Å². The molecule has 0 spiro atoms. The normalized spacial score (nSPS) is 19.0. The first-order valence-corrected chi connectivity index (χ1v) is 8.80. The van der Waals surface area contributed by atoms with Crippen molar-refractivity contribution in [1.29, 1.82) is 5.26 Å². The number of hydrogen-bond acceptors (Lipinski definition) is 8. The lowest BCUT2D eigenvalue weighted by molar-refractivity contribution is 0.602. The summed E-state index contributed by atoms with van der Waals surface area (Å²) in [6.45, 7) is 0. The zero-order chi connectivity index (χ0) is 16.3. The fourth-order valence-corrected chi connectivity index (χ4v) is 4.00. The molecular formula is C14H14N6O2S. The Hall–Kier alpha value is -2.73.